The topological polar surface area (TPSA) is 93.9 Å². The van der Waals surface area contributed by atoms with Crippen LogP contribution in [0.3, 0.4) is 0 Å². The van der Waals surface area contributed by atoms with Crippen molar-refractivity contribution in [1.29, 1.82) is 5.26 Å². The predicted molar refractivity (Wildman–Crippen MR) is 92.8 cm³/mol. The molecule has 132 valence electrons. The second-order valence-corrected chi connectivity index (χ2v) is 8.09. The van der Waals surface area contributed by atoms with Crippen molar-refractivity contribution in [3.8, 4) is 6.07 Å². The Hall–Kier alpha value is -2.55. The van der Waals surface area contributed by atoms with Crippen LogP contribution in [0, 0.1) is 22.7 Å². The van der Waals surface area contributed by atoms with E-state index in [1.807, 2.05) is 24.7 Å². The first-order valence-electron chi connectivity index (χ1n) is 8.58. The number of ether oxygens (including phenoxy) is 1. The summed E-state index contributed by atoms with van der Waals surface area (Å²) < 4.78 is 7.53. The molecule has 1 aliphatic carbocycles. The third kappa shape index (κ3) is 3.19. The average molecular weight is 340 g/mol. The van der Waals surface area contributed by atoms with E-state index in [-0.39, 0.29) is 22.7 Å². The van der Waals surface area contributed by atoms with Gasteiger partial charge in [-0.15, -0.1) is 0 Å². The van der Waals surface area contributed by atoms with Crippen LogP contribution in [0.2, 0.25) is 0 Å². The summed E-state index contributed by atoms with van der Waals surface area (Å²) in [6.07, 6.45) is 4.69. The summed E-state index contributed by atoms with van der Waals surface area (Å²) in [4.78, 5) is 12.8. The first-order chi connectivity index (χ1) is 11.7. The van der Waals surface area contributed by atoms with Crippen molar-refractivity contribution < 1.29 is 9.53 Å². The van der Waals surface area contributed by atoms with Gasteiger partial charge in [-0.2, -0.15) is 10.4 Å². The van der Waals surface area contributed by atoms with Gasteiger partial charge in [0.2, 0.25) is 5.88 Å². The largest absolute Gasteiger partial charge is 0.444 e. The third-order valence-electron chi connectivity index (χ3n) is 4.61. The molecule has 1 atom stereocenters. The molecule has 3 rings (SSSR count). The third-order valence-corrected chi connectivity index (χ3v) is 4.61. The Morgan fingerprint density at radius 2 is 2.20 bits per heavy atom. The standard InChI is InChI=1S/C19H24N4O2/c1-11(2)9-23-10-12(8-22-23)16-13(7-20)18(21)25-15-6-19(3,4)5-14(24)17(15)16/h8,10-11,16H,5-6,9,21H2,1-4H3/t16-/m1/s1. The SMILES string of the molecule is CC(C)Cn1cc([C@@H]2C(C#N)=C(N)OC3=C2C(=O)CC(C)(C)C3)cn1. The molecule has 1 aliphatic heterocycles. The Labute approximate surface area is 147 Å². The Morgan fingerprint density at radius 3 is 2.84 bits per heavy atom. The van der Waals surface area contributed by atoms with E-state index in [2.05, 4.69) is 25.0 Å². The van der Waals surface area contributed by atoms with Crippen LogP contribution in [0.1, 0.15) is 52.0 Å². The van der Waals surface area contributed by atoms with Crippen molar-refractivity contribution in [2.45, 2.75) is 53.0 Å². The van der Waals surface area contributed by atoms with Crippen molar-refractivity contribution >= 4 is 5.78 Å². The van der Waals surface area contributed by atoms with E-state index in [4.69, 9.17) is 10.5 Å². The molecule has 25 heavy (non-hydrogen) atoms. The second-order valence-electron chi connectivity index (χ2n) is 8.09. The molecular weight excluding hydrogens is 316 g/mol. The van der Waals surface area contributed by atoms with E-state index in [1.165, 1.54) is 0 Å². The van der Waals surface area contributed by atoms with Crippen LogP contribution in [0.5, 0.6) is 0 Å². The molecule has 0 saturated carbocycles. The zero-order valence-electron chi connectivity index (χ0n) is 15.2. The number of ketones is 1. The highest BCUT2D eigenvalue weighted by molar-refractivity contribution is 6.00. The number of hydrogen-bond acceptors (Lipinski definition) is 5. The van der Waals surface area contributed by atoms with E-state index in [0.29, 0.717) is 30.1 Å². The van der Waals surface area contributed by atoms with Crippen molar-refractivity contribution in [3.63, 3.8) is 0 Å². The molecule has 0 amide bonds. The predicted octanol–water partition coefficient (Wildman–Crippen LogP) is 2.99. The van der Waals surface area contributed by atoms with Crippen LogP contribution >= 0.6 is 0 Å². The molecule has 1 aromatic rings. The summed E-state index contributed by atoms with van der Waals surface area (Å²) in [6, 6.07) is 2.13. The Morgan fingerprint density at radius 1 is 1.48 bits per heavy atom. The zero-order valence-corrected chi connectivity index (χ0v) is 15.2. The van der Waals surface area contributed by atoms with E-state index < -0.39 is 5.92 Å². The molecule has 2 aliphatic rings. The number of Topliss-reactive ketones (excluding diaryl/α,β-unsaturated/α-hetero) is 1. The van der Waals surface area contributed by atoms with Gasteiger partial charge in [0, 0.05) is 36.7 Å². The number of allylic oxidation sites excluding steroid dienone is 3. The molecule has 1 aromatic heterocycles. The van der Waals surface area contributed by atoms with Gasteiger partial charge in [0.15, 0.2) is 5.78 Å². The first-order valence-corrected chi connectivity index (χ1v) is 8.58. The highest BCUT2D eigenvalue weighted by Crippen LogP contribution is 2.47. The Balaban J connectivity index is 2.08. The van der Waals surface area contributed by atoms with E-state index in [9.17, 15) is 10.1 Å². The maximum atomic E-state index is 12.8. The number of hydrogen-bond donors (Lipinski definition) is 1. The van der Waals surface area contributed by atoms with Crippen molar-refractivity contribution in [1.82, 2.24) is 9.78 Å². The van der Waals surface area contributed by atoms with E-state index in [0.717, 1.165) is 12.1 Å². The minimum absolute atomic E-state index is 0.0214. The number of rotatable bonds is 3. The lowest BCUT2D eigenvalue weighted by Gasteiger charge is -2.36. The molecular formula is C19H24N4O2. The van der Waals surface area contributed by atoms with Gasteiger partial charge in [0.05, 0.1) is 12.1 Å². The molecule has 0 radical (unpaired) electrons. The van der Waals surface area contributed by atoms with Crippen LogP contribution in [-0.2, 0) is 16.1 Å². The number of nitrogens with two attached hydrogens (primary N) is 1. The molecule has 6 nitrogen and oxygen atoms in total. The molecule has 2 heterocycles. The number of aromatic nitrogens is 2. The van der Waals surface area contributed by atoms with Crippen molar-refractivity contribution in [2.75, 3.05) is 0 Å². The van der Waals surface area contributed by atoms with Crippen LogP contribution in [0.25, 0.3) is 0 Å². The molecule has 6 heteroatoms. The highest BCUT2D eigenvalue weighted by atomic mass is 16.5. The maximum absolute atomic E-state index is 12.8. The van der Waals surface area contributed by atoms with Crippen LogP contribution in [0.15, 0.2) is 35.2 Å². The van der Waals surface area contributed by atoms with E-state index >= 15 is 0 Å². The van der Waals surface area contributed by atoms with Crippen LogP contribution in [0.4, 0.5) is 0 Å². The van der Waals surface area contributed by atoms with Gasteiger partial charge in [0.1, 0.15) is 17.4 Å². The fourth-order valence-corrected chi connectivity index (χ4v) is 3.62. The summed E-state index contributed by atoms with van der Waals surface area (Å²) in [7, 11) is 0. The van der Waals surface area contributed by atoms with Gasteiger partial charge in [-0.3, -0.25) is 9.48 Å². The van der Waals surface area contributed by atoms with Crippen LogP contribution < -0.4 is 5.73 Å². The highest BCUT2D eigenvalue weighted by Gasteiger charge is 2.43. The molecule has 0 saturated heterocycles. The summed E-state index contributed by atoms with van der Waals surface area (Å²) in [5.41, 5.74) is 7.50. The number of carbonyl (C=O) groups excluding carboxylic acids is 1. The second kappa shape index (κ2) is 6.07. The lowest BCUT2D eigenvalue weighted by atomic mass is 9.70. The van der Waals surface area contributed by atoms with Gasteiger partial charge >= 0.3 is 0 Å². The average Bonchev–Trinajstić information content (AvgIpc) is 2.91. The van der Waals surface area contributed by atoms with Gasteiger partial charge in [-0.05, 0) is 11.3 Å². The number of nitrogens with zero attached hydrogens (tertiary/aromatic N) is 3. The Bertz CT molecular complexity index is 821. The molecule has 0 spiro atoms. The summed E-state index contributed by atoms with van der Waals surface area (Å²) >= 11 is 0. The van der Waals surface area contributed by atoms with Gasteiger partial charge in [-0.1, -0.05) is 27.7 Å². The summed E-state index contributed by atoms with van der Waals surface area (Å²) in [6.45, 7) is 9.07. The van der Waals surface area contributed by atoms with Crippen molar-refractivity contribution in [3.05, 3.63) is 40.7 Å². The molecule has 0 unspecified atom stereocenters. The summed E-state index contributed by atoms with van der Waals surface area (Å²) in [5, 5.41) is 14.0. The normalized spacial score (nSPS) is 22.7. The molecule has 2 N–H and O–H groups in total. The van der Waals surface area contributed by atoms with Crippen LogP contribution in [-0.4, -0.2) is 15.6 Å². The fourth-order valence-electron chi connectivity index (χ4n) is 3.62. The number of nitriles is 1. The lowest BCUT2D eigenvalue weighted by Crippen LogP contribution is -2.33. The quantitative estimate of drug-likeness (QED) is 0.913. The smallest absolute Gasteiger partial charge is 0.205 e. The van der Waals surface area contributed by atoms with Gasteiger partial charge in [0.25, 0.3) is 0 Å². The minimum atomic E-state index is -0.488. The lowest BCUT2D eigenvalue weighted by molar-refractivity contribution is -0.119. The minimum Gasteiger partial charge on any atom is -0.444 e. The molecule has 0 aromatic carbocycles. The first kappa shape index (κ1) is 17.3. The molecule has 0 fully saturated rings. The zero-order chi connectivity index (χ0) is 18.4. The summed E-state index contributed by atoms with van der Waals surface area (Å²) in [5.74, 6) is 0.671. The van der Waals surface area contributed by atoms with Gasteiger partial charge in [-0.25, -0.2) is 0 Å². The number of carbonyl (C=O) groups is 1. The van der Waals surface area contributed by atoms with Gasteiger partial charge < -0.3 is 10.5 Å². The molecule has 0 bridgehead atoms. The monoisotopic (exact) mass is 340 g/mol. The maximum Gasteiger partial charge on any atom is 0.205 e. The Kier molecular flexibility index (Phi) is 4.19. The van der Waals surface area contributed by atoms with Crippen molar-refractivity contribution in [2.24, 2.45) is 17.1 Å². The van der Waals surface area contributed by atoms with E-state index in [1.54, 1.807) is 6.20 Å². The fraction of sp³-hybridized carbons (Fsp3) is 0.526.